The molecule has 0 aromatic heterocycles. The number of carbonyl (C=O) groups is 1. The number of ketones is 1. The Bertz CT molecular complexity index is 461. The average molecular weight is 276 g/mol. The molecule has 0 aliphatic rings. The molecular weight excluding hydrogens is 248 g/mol. The number of ether oxygens (including phenoxy) is 1. The first-order valence-corrected chi connectivity index (χ1v) is 7.54. The van der Waals surface area contributed by atoms with Crippen molar-refractivity contribution in [3.63, 3.8) is 0 Å². The van der Waals surface area contributed by atoms with Crippen LogP contribution in [-0.2, 0) is 4.79 Å². The molecule has 112 valence electrons. The summed E-state index contributed by atoms with van der Waals surface area (Å²) in [6.07, 6.45) is 1.52. The zero-order chi connectivity index (χ0) is 15.3. The predicted molar refractivity (Wildman–Crippen MR) is 84.6 cm³/mol. The summed E-state index contributed by atoms with van der Waals surface area (Å²) in [6, 6.07) is 4.37. The van der Waals surface area contributed by atoms with Gasteiger partial charge in [-0.15, -0.1) is 0 Å². The predicted octanol–water partition coefficient (Wildman–Crippen LogP) is 4.81. The number of hydrogen-bond donors (Lipinski definition) is 0. The zero-order valence-electron chi connectivity index (χ0n) is 13.7. The fourth-order valence-electron chi connectivity index (χ4n) is 2.38. The summed E-state index contributed by atoms with van der Waals surface area (Å²) in [5, 5.41) is 0. The van der Waals surface area contributed by atoms with E-state index in [2.05, 4.69) is 46.8 Å². The molecule has 1 aromatic carbocycles. The van der Waals surface area contributed by atoms with Crippen molar-refractivity contribution in [2.45, 2.75) is 60.3 Å². The van der Waals surface area contributed by atoms with Crippen LogP contribution in [0.2, 0.25) is 0 Å². The van der Waals surface area contributed by atoms with Gasteiger partial charge >= 0.3 is 0 Å². The van der Waals surface area contributed by atoms with E-state index in [9.17, 15) is 4.79 Å². The second-order valence-electron chi connectivity index (χ2n) is 6.35. The maximum Gasteiger partial charge on any atom is 0.129 e. The Balaban J connectivity index is 2.99. The summed E-state index contributed by atoms with van der Waals surface area (Å²) in [7, 11) is 0. The molecule has 2 nitrogen and oxygen atoms in total. The summed E-state index contributed by atoms with van der Waals surface area (Å²) >= 11 is 0. The van der Waals surface area contributed by atoms with Gasteiger partial charge < -0.3 is 9.53 Å². The van der Waals surface area contributed by atoms with Gasteiger partial charge in [-0.05, 0) is 50.2 Å². The van der Waals surface area contributed by atoms with E-state index < -0.39 is 0 Å². The second kappa shape index (κ2) is 7.47. The largest absolute Gasteiger partial charge is 0.493 e. The summed E-state index contributed by atoms with van der Waals surface area (Å²) < 4.78 is 6.03. The summed E-state index contributed by atoms with van der Waals surface area (Å²) in [6.45, 7) is 13.1. The maximum absolute atomic E-state index is 11.2. The first-order valence-electron chi connectivity index (χ1n) is 7.54. The van der Waals surface area contributed by atoms with Crippen molar-refractivity contribution >= 4 is 5.78 Å². The van der Waals surface area contributed by atoms with Crippen LogP contribution in [0.3, 0.4) is 0 Å². The van der Waals surface area contributed by atoms with Crippen molar-refractivity contribution in [3.8, 4) is 5.75 Å². The van der Waals surface area contributed by atoms with Crippen LogP contribution >= 0.6 is 0 Å². The third-order valence-corrected chi connectivity index (χ3v) is 3.47. The quantitative estimate of drug-likeness (QED) is 0.714. The Morgan fingerprint density at radius 2 is 1.85 bits per heavy atom. The molecule has 2 heteroatoms. The number of carbonyl (C=O) groups excluding carboxylic acids is 1. The molecule has 0 saturated heterocycles. The van der Waals surface area contributed by atoms with Crippen LogP contribution in [0.1, 0.15) is 63.1 Å². The van der Waals surface area contributed by atoms with Gasteiger partial charge in [0.05, 0.1) is 6.61 Å². The monoisotopic (exact) mass is 276 g/mol. The van der Waals surface area contributed by atoms with Crippen LogP contribution in [-0.4, -0.2) is 12.4 Å². The van der Waals surface area contributed by atoms with Gasteiger partial charge in [-0.1, -0.05) is 38.5 Å². The maximum atomic E-state index is 11.2. The molecule has 20 heavy (non-hydrogen) atoms. The lowest BCUT2D eigenvalue weighted by Gasteiger charge is -2.20. The number of hydrogen-bond acceptors (Lipinski definition) is 2. The molecule has 0 spiro atoms. The van der Waals surface area contributed by atoms with Gasteiger partial charge in [0.25, 0.3) is 0 Å². The van der Waals surface area contributed by atoms with Gasteiger partial charge in [0.15, 0.2) is 0 Å². The molecule has 0 heterocycles. The van der Waals surface area contributed by atoms with Crippen molar-refractivity contribution in [2.24, 2.45) is 5.92 Å². The van der Waals surface area contributed by atoms with Gasteiger partial charge in [-0.3, -0.25) is 0 Å². The van der Waals surface area contributed by atoms with Gasteiger partial charge in [0, 0.05) is 6.42 Å². The minimum atomic E-state index is 0.255. The smallest absolute Gasteiger partial charge is 0.129 e. The lowest BCUT2D eigenvalue weighted by molar-refractivity contribution is -0.117. The highest BCUT2D eigenvalue weighted by Gasteiger charge is 2.16. The minimum Gasteiger partial charge on any atom is -0.493 e. The van der Waals surface area contributed by atoms with E-state index in [-0.39, 0.29) is 5.78 Å². The third kappa shape index (κ3) is 4.99. The number of benzene rings is 1. The van der Waals surface area contributed by atoms with E-state index in [0.717, 1.165) is 18.8 Å². The molecule has 0 aliphatic heterocycles. The van der Waals surface area contributed by atoms with Crippen molar-refractivity contribution in [2.75, 3.05) is 6.61 Å². The Kier molecular flexibility index (Phi) is 6.25. The van der Waals surface area contributed by atoms with Crippen molar-refractivity contribution in [1.82, 2.24) is 0 Å². The van der Waals surface area contributed by atoms with Crippen LogP contribution in [0.4, 0.5) is 0 Å². The van der Waals surface area contributed by atoms with Crippen LogP contribution in [0.25, 0.3) is 0 Å². The average Bonchev–Trinajstić information content (AvgIpc) is 2.33. The molecule has 0 saturated carbocycles. The summed E-state index contributed by atoms with van der Waals surface area (Å²) in [4.78, 5) is 11.2. The Morgan fingerprint density at radius 1 is 1.20 bits per heavy atom. The zero-order valence-corrected chi connectivity index (χ0v) is 13.7. The summed E-state index contributed by atoms with van der Waals surface area (Å²) in [5.74, 6) is 2.13. The standard InChI is InChI=1S/C18H28O2/c1-12(2)11-20-18-15(5)9-13(3)10-17(18)14(4)7-8-16(6)19/h9-10,12,14H,7-8,11H2,1-6H3. The Labute approximate surface area is 123 Å². The van der Waals surface area contributed by atoms with E-state index >= 15 is 0 Å². The fraction of sp³-hybridized carbons (Fsp3) is 0.611. The first-order chi connectivity index (χ1) is 9.31. The fourth-order valence-corrected chi connectivity index (χ4v) is 2.38. The molecule has 0 amide bonds. The molecule has 1 unspecified atom stereocenters. The van der Waals surface area contributed by atoms with Gasteiger partial charge in [0.1, 0.15) is 11.5 Å². The molecule has 1 rings (SSSR count). The van der Waals surface area contributed by atoms with Crippen LogP contribution in [0.5, 0.6) is 5.75 Å². The molecule has 1 aromatic rings. The van der Waals surface area contributed by atoms with Crippen LogP contribution in [0, 0.1) is 19.8 Å². The van der Waals surface area contributed by atoms with Gasteiger partial charge in [-0.2, -0.15) is 0 Å². The molecule has 0 radical (unpaired) electrons. The van der Waals surface area contributed by atoms with E-state index in [0.29, 0.717) is 18.3 Å². The van der Waals surface area contributed by atoms with E-state index in [1.165, 1.54) is 16.7 Å². The first kappa shape index (κ1) is 16.7. The molecular formula is C18H28O2. The van der Waals surface area contributed by atoms with E-state index in [1.807, 2.05) is 0 Å². The van der Waals surface area contributed by atoms with Crippen LogP contribution in [0.15, 0.2) is 12.1 Å². The molecule has 0 fully saturated rings. The van der Waals surface area contributed by atoms with Crippen molar-refractivity contribution in [3.05, 3.63) is 28.8 Å². The highest BCUT2D eigenvalue weighted by Crippen LogP contribution is 2.34. The van der Waals surface area contributed by atoms with E-state index in [1.54, 1.807) is 6.92 Å². The van der Waals surface area contributed by atoms with Crippen LogP contribution < -0.4 is 4.74 Å². The molecule has 0 N–H and O–H groups in total. The number of Topliss-reactive ketones (excluding diaryl/α,β-unsaturated/α-hetero) is 1. The van der Waals surface area contributed by atoms with Crippen molar-refractivity contribution in [1.29, 1.82) is 0 Å². The SMILES string of the molecule is CC(=O)CCC(C)c1cc(C)cc(C)c1OCC(C)C. The lowest BCUT2D eigenvalue weighted by Crippen LogP contribution is -2.09. The van der Waals surface area contributed by atoms with Gasteiger partial charge in [0.2, 0.25) is 0 Å². The normalized spacial score (nSPS) is 12.6. The number of aryl methyl sites for hydroxylation is 2. The number of rotatable bonds is 7. The molecule has 1 atom stereocenters. The molecule has 0 aliphatic carbocycles. The second-order valence-corrected chi connectivity index (χ2v) is 6.35. The minimum absolute atomic E-state index is 0.255. The van der Waals surface area contributed by atoms with E-state index in [4.69, 9.17) is 4.74 Å². The third-order valence-electron chi connectivity index (χ3n) is 3.47. The highest BCUT2D eigenvalue weighted by atomic mass is 16.5. The topological polar surface area (TPSA) is 26.3 Å². The Morgan fingerprint density at radius 3 is 2.40 bits per heavy atom. The lowest BCUT2D eigenvalue weighted by atomic mass is 9.91. The summed E-state index contributed by atoms with van der Waals surface area (Å²) in [5.41, 5.74) is 3.68. The molecule has 0 bridgehead atoms. The Hall–Kier alpha value is -1.31. The highest BCUT2D eigenvalue weighted by molar-refractivity contribution is 5.75. The van der Waals surface area contributed by atoms with Gasteiger partial charge in [-0.25, -0.2) is 0 Å². The van der Waals surface area contributed by atoms with Crippen molar-refractivity contribution < 1.29 is 9.53 Å².